The maximum Gasteiger partial charge on any atom is 0.408 e. The van der Waals surface area contributed by atoms with Crippen LogP contribution >= 0.6 is 0 Å². The van der Waals surface area contributed by atoms with Crippen LogP contribution < -0.4 is 10.6 Å². The van der Waals surface area contributed by atoms with Crippen LogP contribution in [0.4, 0.5) is 4.79 Å². The van der Waals surface area contributed by atoms with E-state index in [1.807, 2.05) is 30.3 Å². The van der Waals surface area contributed by atoms with Crippen LogP contribution in [0.2, 0.25) is 0 Å². The van der Waals surface area contributed by atoms with Crippen LogP contribution in [0.1, 0.15) is 40.2 Å². The highest BCUT2D eigenvalue weighted by molar-refractivity contribution is 5.94. The van der Waals surface area contributed by atoms with Crippen molar-refractivity contribution in [3.8, 4) is 0 Å². The molecule has 1 aromatic rings. The third-order valence-electron chi connectivity index (χ3n) is 3.37. The molecular weight excluding hydrogens is 348 g/mol. The highest BCUT2D eigenvalue weighted by atomic mass is 16.6. The lowest BCUT2D eigenvalue weighted by Gasteiger charge is -2.24. The van der Waals surface area contributed by atoms with E-state index in [2.05, 4.69) is 17.2 Å². The van der Waals surface area contributed by atoms with E-state index < -0.39 is 29.6 Å². The minimum atomic E-state index is -0.974. The number of rotatable bonds is 7. The smallest absolute Gasteiger partial charge is 0.408 e. The van der Waals surface area contributed by atoms with Gasteiger partial charge in [0.25, 0.3) is 5.91 Å². The zero-order valence-corrected chi connectivity index (χ0v) is 16.5. The number of alkyl carbamates (subject to hydrolysis) is 1. The quantitative estimate of drug-likeness (QED) is 0.434. The molecule has 0 aromatic heterocycles. The predicted octanol–water partition coefficient (Wildman–Crippen LogP) is 2.91. The van der Waals surface area contributed by atoms with Gasteiger partial charge in [0.2, 0.25) is 0 Å². The average molecular weight is 376 g/mol. The van der Waals surface area contributed by atoms with Gasteiger partial charge in [0.1, 0.15) is 11.6 Å². The maximum absolute atomic E-state index is 12.3. The Labute approximate surface area is 160 Å². The molecule has 0 unspecified atom stereocenters. The Bertz CT molecular complexity index is 677. The summed E-state index contributed by atoms with van der Waals surface area (Å²) in [6.07, 6.45) is -0.739. The van der Waals surface area contributed by atoms with E-state index in [1.54, 1.807) is 34.6 Å². The zero-order chi connectivity index (χ0) is 20.6. The highest BCUT2D eigenvalue weighted by Crippen LogP contribution is 2.11. The van der Waals surface area contributed by atoms with E-state index in [0.717, 1.165) is 5.56 Å². The average Bonchev–Trinajstić information content (AvgIpc) is 2.56. The zero-order valence-electron chi connectivity index (χ0n) is 16.5. The van der Waals surface area contributed by atoms with Crippen LogP contribution in [0.3, 0.4) is 0 Å². The lowest BCUT2D eigenvalue weighted by molar-refractivity contribution is -0.146. The van der Waals surface area contributed by atoms with Crippen LogP contribution in [0.15, 0.2) is 42.7 Å². The van der Waals surface area contributed by atoms with E-state index in [1.165, 1.54) is 0 Å². The first-order valence-electron chi connectivity index (χ1n) is 8.72. The number of ether oxygens (including phenoxy) is 2. The molecule has 0 aliphatic heterocycles. The van der Waals surface area contributed by atoms with Gasteiger partial charge in [-0.3, -0.25) is 4.79 Å². The molecule has 2 amide bonds. The number of nitrogens with one attached hydrogen (secondary N) is 2. The molecule has 1 rings (SSSR count). The Morgan fingerprint density at radius 3 is 2.22 bits per heavy atom. The number of carbonyl (C=O) groups excluding carboxylic acids is 3. The second kappa shape index (κ2) is 9.75. The van der Waals surface area contributed by atoms with E-state index in [-0.39, 0.29) is 18.2 Å². The third-order valence-corrected chi connectivity index (χ3v) is 3.37. The summed E-state index contributed by atoms with van der Waals surface area (Å²) in [5.74, 6) is -2.00. The van der Waals surface area contributed by atoms with Gasteiger partial charge in [0.05, 0.1) is 0 Å². The number of hydrogen-bond acceptors (Lipinski definition) is 5. The highest BCUT2D eigenvalue weighted by Gasteiger charge is 2.29. The lowest BCUT2D eigenvalue weighted by atomic mass is 10.1. The standard InChI is InChI=1S/C20H28N2O5/c1-13(2)16(22-19(25)27-20(4,5)6)18(24)26-14(3)17(23)21-12-15-10-8-7-9-11-15/h7-11,13,16H,3,12H2,1-2,4-6H3,(H,21,23)(H,22,25)/t16-/m0/s1. The van der Waals surface area contributed by atoms with Crippen molar-refractivity contribution >= 4 is 18.0 Å². The summed E-state index contributed by atoms with van der Waals surface area (Å²) in [6.45, 7) is 12.4. The minimum absolute atomic E-state index is 0.273. The number of carbonyl (C=O) groups is 3. The summed E-state index contributed by atoms with van der Waals surface area (Å²) in [6, 6.07) is 8.31. The Balaban J connectivity index is 2.59. The molecule has 27 heavy (non-hydrogen) atoms. The fourth-order valence-electron chi connectivity index (χ4n) is 2.04. The van der Waals surface area contributed by atoms with Crippen LogP contribution in [0.5, 0.6) is 0 Å². The molecular formula is C20H28N2O5. The molecule has 7 nitrogen and oxygen atoms in total. The number of esters is 1. The van der Waals surface area contributed by atoms with Crippen molar-refractivity contribution in [2.75, 3.05) is 0 Å². The SMILES string of the molecule is C=C(OC(=O)[C@@H](NC(=O)OC(C)(C)C)C(C)C)C(=O)NCc1ccccc1. The Morgan fingerprint density at radius 1 is 1.11 bits per heavy atom. The van der Waals surface area contributed by atoms with Crippen molar-refractivity contribution in [1.82, 2.24) is 10.6 Å². The van der Waals surface area contributed by atoms with Gasteiger partial charge in [0, 0.05) is 6.54 Å². The normalized spacial score (nSPS) is 12.1. The summed E-state index contributed by atoms with van der Waals surface area (Å²) in [7, 11) is 0. The second-order valence-corrected chi connectivity index (χ2v) is 7.38. The van der Waals surface area contributed by atoms with Crippen LogP contribution in [0, 0.1) is 5.92 Å². The monoisotopic (exact) mass is 376 g/mol. The summed E-state index contributed by atoms with van der Waals surface area (Å²) >= 11 is 0. The van der Waals surface area contributed by atoms with E-state index in [0.29, 0.717) is 0 Å². The second-order valence-electron chi connectivity index (χ2n) is 7.38. The maximum atomic E-state index is 12.3. The Kier molecular flexibility index (Phi) is 8.02. The van der Waals surface area contributed by atoms with E-state index in [9.17, 15) is 14.4 Å². The topological polar surface area (TPSA) is 93.7 Å². The summed E-state index contributed by atoms with van der Waals surface area (Å²) in [4.78, 5) is 36.3. The van der Waals surface area contributed by atoms with Gasteiger partial charge >= 0.3 is 12.1 Å². The number of amides is 2. The summed E-state index contributed by atoms with van der Waals surface area (Å²) < 4.78 is 10.2. The predicted molar refractivity (Wildman–Crippen MR) is 102 cm³/mol. The largest absolute Gasteiger partial charge is 0.444 e. The molecule has 7 heteroatoms. The third kappa shape index (κ3) is 8.40. The molecule has 0 saturated heterocycles. The van der Waals surface area contributed by atoms with Crippen molar-refractivity contribution < 1.29 is 23.9 Å². The lowest BCUT2D eigenvalue weighted by Crippen LogP contribution is -2.47. The molecule has 0 fully saturated rings. The molecule has 1 atom stereocenters. The molecule has 0 radical (unpaired) electrons. The number of hydrogen-bond donors (Lipinski definition) is 2. The van der Waals surface area contributed by atoms with E-state index in [4.69, 9.17) is 9.47 Å². The van der Waals surface area contributed by atoms with Crippen molar-refractivity contribution in [2.45, 2.75) is 52.8 Å². The Hall–Kier alpha value is -2.83. The first kappa shape index (κ1) is 22.2. The molecule has 2 N–H and O–H groups in total. The van der Waals surface area contributed by atoms with E-state index >= 15 is 0 Å². The molecule has 0 saturated carbocycles. The molecule has 0 aliphatic rings. The molecule has 148 valence electrons. The first-order chi connectivity index (χ1) is 12.5. The summed E-state index contributed by atoms with van der Waals surface area (Å²) in [5, 5.41) is 5.08. The number of benzene rings is 1. The van der Waals surface area contributed by atoms with Gasteiger partial charge < -0.3 is 20.1 Å². The van der Waals surface area contributed by atoms with Crippen molar-refractivity contribution in [1.29, 1.82) is 0 Å². The molecule has 0 bridgehead atoms. The fraction of sp³-hybridized carbons (Fsp3) is 0.450. The van der Waals surface area contributed by atoms with Crippen molar-refractivity contribution in [3.05, 3.63) is 48.2 Å². The van der Waals surface area contributed by atoms with Crippen LogP contribution in [-0.4, -0.2) is 29.6 Å². The molecule has 0 spiro atoms. The first-order valence-corrected chi connectivity index (χ1v) is 8.72. The molecule has 0 heterocycles. The van der Waals surface area contributed by atoms with Gasteiger partial charge in [-0.2, -0.15) is 0 Å². The van der Waals surface area contributed by atoms with Crippen LogP contribution in [-0.2, 0) is 25.6 Å². The van der Waals surface area contributed by atoms with Gasteiger partial charge in [-0.25, -0.2) is 9.59 Å². The molecule has 0 aliphatic carbocycles. The minimum Gasteiger partial charge on any atom is -0.444 e. The fourth-order valence-corrected chi connectivity index (χ4v) is 2.04. The molecule has 1 aromatic carbocycles. The van der Waals surface area contributed by atoms with Gasteiger partial charge in [-0.05, 0) is 32.3 Å². The van der Waals surface area contributed by atoms with Gasteiger partial charge in [-0.15, -0.1) is 0 Å². The van der Waals surface area contributed by atoms with Crippen molar-refractivity contribution in [3.63, 3.8) is 0 Å². The summed E-state index contributed by atoms with van der Waals surface area (Å²) in [5.41, 5.74) is 0.202. The van der Waals surface area contributed by atoms with Gasteiger partial charge in [0.15, 0.2) is 5.76 Å². The van der Waals surface area contributed by atoms with Crippen molar-refractivity contribution in [2.24, 2.45) is 5.92 Å². The van der Waals surface area contributed by atoms with Gasteiger partial charge in [-0.1, -0.05) is 50.8 Å². The Morgan fingerprint density at radius 2 is 1.70 bits per heavy atom. The van der Waals surface area contributed by atoms with Crippen LogP contribution in [0.25, 0.3) is 0 Å².